The number of anilines is 1. The highest BCUT2D eigenvalue weighted by Gasteiger charge is 2.17. The smallest absolute Gasteiger partial charge is 0.159 e. The Bertz CT molecular complexity index is 1730. The van der Waals surface area contributed by atoms with Crippen molar-refractivity contribution >= 4 is 27.6 Å². The molecule has 0 atom stereocenters. The van der Waals surface area contributed by atoms with Crippen molar-refractivity contribution in [2.45, 2.75) is 0 Å². The predicted octanol–water partition coefficient (Wildman–Crippen LogP) is 4.08. The number of nitrogens with zero attached hydrogens (tertiary/aromatic N) is 7. The molecule has 5 heterocycles. The molecule has 0 amide bonds. The van der Waals surface area contributed by atoms with Crippen molar-refractivity contribution in [3.8, 4) is 34.0 Å². The van der Waals surface area contributed by atoms with Crippen LogP contribution in [-0.4, -0.2) is 72.0 Å². The Kier molecular flexibility index (Phi) is 5.61. The molecule has 0 aliphatic rings. The average Bonchev–Trinajstić information content (AvgIpc) is 3.60. The number of benzene rings is 1. The maximum Gasteiger partial charge on any atom is 0.159 e. The fraction of sp³-hybridized carbons (Fsp3) is 0.192. The van der Waals surface area contributed by atoms with Gasteiger partial charge < -0.3 is 15.2 Å². The molecule has 0 saturated carbocycles. The molecule has 37 heavy (non-hydrogen) atoms. The first-order chi connectivity index (χ1) is 17.9. The van der Waals surface area contributed by atoms with Gasteiger partial charge in [-0.15, -0.1) is 0 Å². The number of pyridine rings is 2. The highest BCUT2D eigenvalue weighted by molar-refractivity contribution is 5.97. The number of nitrogens with one attached hydrogen (secondary N) is 3. The quantitative estimate of drug-likeness (QED) is 0.305. The van der Waals surface area contributed by atoms with E-state index in [0.717, 1.165) is 34.2 Å². The van der Waals surface area contributed by atoms with Crippen molar-refractivity contribution < 1.29 is 4.39 Å². The first kappa shape index (κ1) is 22.8. The second-order valence-electron chi connectivity index (χ2n) is 9.19. The zero-order chi connectivity index (χ0) is 25.5. The maximum absolute atomic E-state index is 14.5. The largest absolute Gasteiger partial charge is 0.384 e. The number of fused-ring (bicyclic) bond motifs is 2. The third-order valence-electron chi connectivity index (χ3n) is 6.13. The Hall–Kier alpha value is -4.64. The molecule has 0 saturated heterocycles. The fourth-order valence-corrected chi connectivity index (χ4v) is 4.32. The van der Waals surface area contributed by atoms with E-state index in [1.807, 2.05) is 45.5 Å². The Balaban J connectivity index is 1.40. The molecule has 186 valence electrons. The van der Waals surface area contributed by atoms with Crippen LogP contribution in [0.1, 0.15) is 0 Å². The van der Waals surface area contributed by atoms with Crippen molar-refractivity contribution in [2.24, 2.45) is 7.05 Å². The van der Waals surface area contributed by atoms with E-state index in [1.165, 1.54) is 12.1 Å². The lowest BCUT2D eigenvalue weighted by Crippen LogP contribution is -2.20. The summed E-state index contributed by atoms with van der Waals surface area (Å²) in [6, 6.07) is 8.67. The van der Waals surface area contributed by atoms with Gasteiger partial charge in [0.25, 0.3) is 0 Å². The van der Waals surface area contributed by atoms with E-state index in [4.69, 9.17) is 4.98 Å². The van der Waals surface area contributed by atoms with Gasteiger partial charge in [-0.3, -0.25) is 19.7 Å². The summed E-state index contributed by atoms with van der Waals surface area (Å²) in [6.45, 7) is 1.53. The zero-order valence-electron chi connectivity index (χ0n) is 20.6. The highest BCUT2D eigenvalue weighted by Crippen LogP contribution is 2.32. The van der Waals surface area contributed by atoms with Gasteiger partial charge in [0.15, 0.2) is 5.82 Å². The van der Waals surface area contributed by atoms with Crippen molar-refractivity contribution in [2.75, 3.05) is 32.5 Å². The highest BCUT2D eigenvalue weighted by atomic mass is 19.1. The average molecular weight is 497 g/mol. The van der Waals surface area contributed by atoms with Crippen molar-refractivity contribution in [3.05, 3.63) is 60.9 Å². The third-order valence-corrected chi connectivity index (χ3v) is 6.13. The van der Waals surface area contributed by atoms with E-state index in [1.54, 1.807) is 23.3 Å². The Labute approximate surface area is 211 Å². The summed E-state index contributed by atoms with van der Waals surface area (Å²) in [5.41, 5.74) is 6.50. The van der Waals surface area contributed by atoms with Gasteiger partial charge in [-0.05, 0) is 44.4 Å². The molecule has 11 heteroatoms. The summed E-state index contributed by atoms with van der Waals surface area (Å²) in [5.74, 6) is 0.243. The SMILES string of the molecule is CN(C)CCNc1cc(F)cc(-c2nccc3[nH]c(-c4n[nH]c5cnc(-c6cnn(C)c6)cc45)nc23)c1. The lowest BCUT2D eigenvalue weighted by molar-refractivity contribution is 0.425. The molecular weight excluding hydrogens is 471 g/mol. The normalized spacial score (nSPS) is 11.7. The van der Waals surface area contributed by atoms with Gasteiger partial charge in [-0.25, -0.2) is 9.37 Å². The van der Waals surface area contributed by atoms with Gasteiger partial charge in [0.1, 0.15) is 17.0 Å². The minimum Gasteiger partial charge on any atom is -0.384 e. The number of rotatable bonds is 7. The second kappa shape index (κ2) is 9.10. The van der Waals surface area contributed by atoms with Crippen LogP contribution in [0.3, 0.4) is 0 Å². The number of hydrogen-bond acceptors (Lipinski definition) is 7. The van der Waals surface area contributed by atoms with Crippen LogP contribution in [-0.2, 0) is 7.05 Å². The molecule has 1 aromatic carbocycles. The summed E-state index contributed by atoms with van der Waals surface area (Å²) in [5, 5.41) is 15.9. The molecule has 0 spiro atoms. The van der Waals surface area contributed by atoms with E-state index in [9.17, 15) is 4.39 Å². The van der Waals surface area contributed by atoms with Crippen LogP contribution in [0.5, 0.6) is 0 Å². The van der Waals surface area contributed by atoms with Crippen LogP contribution in [0.25, 0.3) is 56.0 Å². The first-order valence-corrected chi connectivity index (χ1v) is 11.8. The number of imidazole rings is 1. The molecule has 5 aromatic heterocycles. The van der Waals surface area contributed by atoms with Crippen LogP contribution in [0, 0.1) is 5.82 Å². The summed E-state index contributed by atoms with van der Waals surface area (Å²) in [6.07, 6.45) is 7.13. The molecule has 0 radical (unpaired) electrons. The van der Waals surface area contributed by atoms with Crippen LogP contribution < -0.4 is 5.32 Å². The molecule has 0 aliphatic carbocycles. The van der Waals surface area contributed by atoms with Gasteiger partial charge in [-0.1, -0.05) is 0 Å². The molecule has 0 fully saturated rings. The molecular formula is C26H25FN10. The maximum atomic E-state index is 14.5. The molecule has 6 aromatic rings. The zero-order valence-corrected chi connectivity index (χ0v) is 20.6. The number of likely N-dealkylation sites (N-methyl/N-ethyl adjacent to an activating group) is 1. The van der Waals surface area contributed by atoms with Crippen molar-refractivity contribution in [3.63, 3.8) is 0 Å². The van der Waals surface area contributed by atoms with Gasteiger partial charge in [0.05, 0.1) is 34.8 Å². The monoisotopic (exact) mass is 496 g/mol. The number of aromatic amines is 2. The summed E-state index contributed by atoms with van der Waals surface area (Å²) in [4.78, 5) is 19.3. The molecule has 0 bridgehead atoms. The summed E-state index contributed by atoms with van der Waals surface area (Å²) in [7, 11) is 5.86. The van der Waals surface area contributed by atoms with E-state index < -0.39 is 0 Å². The number of halogens is 1. The summed E-state index contributed by atoms with van der Waals surface area (Å²) >= 11 is 0. The van der Waals surface area contributed by atoms with Crippen LogP contribution in [0.2, 0.25) is 0 Å². The van der Waals surface area contributed by atoms with Gasteiger partial charge in [0, 0.05) is 54.7 Å². The minimum atomic E-state index is -0.340. The molecule has 0 aliphatic heterocycles. The van der Waals surface area contributed by atoms with Crippen molar-refractivity contribution in [1.82, 2.24) is 44.8 Å². The number of aryl methyl sites for hydroxylation is 1. The first-order valence-electron chi connectivity index (χ1n) is 11.8. The summed E-state index contributed by atoms with van der Waals surface area (Å²) < 4.78 is 16.3. The number of aromatic nitrogens is 8. The Morgan fingerprint density at radius 3 is 2.73 bits per heavy atom. The van der Waals surface area contributed by atoms with Gasteiger partial charge in [0.2, 0.25) is 0 Å². The van der Waals surface area contributed by atoms with Crippen molar-refractivity contribution in [1.29, 1.82) is 0 Å². The van der Waals surface area contributed by atoms with Crippen LogP contribution in [0.4, 0.5) is 10.1 Å². The standard InChI is InChI=1S/C26H25FN10/c1-36(2)7-6-28-18-9-15(8-17(27)10-18)23-25-20(4-5-29-23)32-26(33-25)24-19-11-21(16-12-31-37(3)14-16)30-13-22(19)34-35-24/h4-5,8-14,28H,6-7H2,1-3H3,(H,32,33)(H,34,35). The Morgan fingerprint density at radius 1 is 1.03 bits per heavy atom. The van der Waals surface area contributed by atoms with E-state index in [0.29, 0.717) is 40.5 Å². The fourth-order valence-electron chi connectivity index (χ4n) is 4.32. The van der Waals surface area contributed by atoms with E-state index in [-0.39, 0.29) is 5.82 Å². The second-order valence-corrected chi connectivity index (χ2v) is 9.19. The van der Waals surface area contributed by atoms with Crippen LogP contribution >= 0.6 is 0 Å². The molecule has 10 nitrogen and oxygen atoms in total. The van der Waals surface area contributed by atoms with Crippen LogP contribution in [0.15, 0.2) is 55.1 Å². The minimum absolute atomic E-state index is 0.340. The predicted molar refractivity (Wildman–Crippen MR) is 141 cm³/mol. The lowest BCUT2D eigenvalue weighted by atomic mass is 10.1. The third kappa shape index (κ3) is 4.40. The lowest BCUT2D eigenvalue weighted by Gasteiger charge is -2.12. The van der Waals surface area contributed by atoms with Gasteiger partial charge >= 0.3 is 0 Å². The topological polar surface area (TPSA) is 116 Å². The molecule has 3 N–H and O–H groups in total. The van der Waals surface area contributed by atoms with Gasteiger partial charge in [-0.2, -0.15) is 10.2 Å². The van der Waals surface area contributed by atoms with E-state index >= 15 is 0 Å². The van der Waals surface area contributed by atoms with E-state index in [2.05, 4.69) is 40.5 Å². The molecule has 0 unspecified atom stereocenters. The number of hydrogen-bond donors (Lipinski definition) is 3. The molecule has 6 rings (SSSR count). The number of H-pyrrole nitrogens is 2. The Morgan fingerprint density at radius 2 is 1.92 bits per heavy atom.